The van der Waals surface area contributed by atoms with E-state index in [4.69, 9.17) is 19.6 Å². The molecule has 3 rings (SSSR count). The molecular formula is C25H32BrN3O4. The van der Waals surface area contributed by atoms with Crippen LogP contribution in [0.3, 0.4) is 0 Å². The van der Waals surface area contributed by atoms with Crippen molar-refractivity contribution in [2.75, 3.05) is 47.0 Å². The molecule has 0 unspecified atom stereocenters. The average Bonchev–Trinajstić information content (AvgIpc) is 3.24. The van der Waals surface area contributed by atoms with Gasteiger partial charge in [-0.05, 0) is 69.0 Å². The van der Waals surface area contributed by atoms with E-state index in [-0.39, 0.29) is 19.1 Å². The summed E-state index contributed by atoms with van der Waals surface area (Å²) in [5, 5.41) is 11.9. The number of halogens is 1. The van der Waals surface area contributed by atoms with Crippen LogP contribution < -0.4 is 10.1 Å². The van der Waals surface area contributed by atoms with Gasteiger partial charge in [0.15, 0.2) is 5.54 Å². The van der Waals surface area contributed by atoms with E-state index in [1.54, 1.807) is 0 Å². The zero-order chi connectivity index (χ0) is 23.7. The third kappa shape index (κ3) is 7.28. The number of carbonyl (C=O) groups is 1. The minimum atomic E-state index is -1.02. The third-order valence-electron chi connectivity index (χ3n) is 5.34. The molecule has 0 saturated heterocycles. The molecule has 0 fully saturated rings. The Labute approximate surface area is 203 Å². The lowest BCUT2D eigenvalue weighted by atomic mass is 9.91. The SMILES string of the molecule is CN(C)CCCNC(=O)[C@@]1(Cc2ccc(Br)cc2)COC(c2ccc(OCCCO)cc2)=N1. The van der Waals surface area contributed by atoms with Gasteiger partial charge in [-0.1, -0.05) is 28.1 Å². The van der Waals surface area contributed by atoms with Gasteiger partial charge < -0.3 is 24.8 Å². The summed E-state index contributed by atoms with van der Waals surface area (Å²) in [6.07, 6.45) is 1.90. The molecule has 178 valence electrons. The number of carbonyl (C=O) groups excluding carboxylic acids is 1. The highest BCUT2D eigenvalue weighted by Crippen LogP contribution is 2.28. The van der Waals surface area contributed by atoms with Gasteiger partial charge in [0.2, 0.25) is 5.90 Å². The van der Waals surface area contributed by atoms with Crippen LogP contribution in [-0.4, -0.2) is 74.4 Å². The Kier molecular flexibility index (Phi) is 9.29. The maximum Gasteiger partial charge on any atom is 0.251 e. The summed E-state index contributed by atoms with van der Waals surface area (Å²) in [5.41, 5.74) is 0.794. The number of aliphatic hydroxyl groups is 1. The fourth-order valence-corrected chi connectivity index (χ4v) is 3.80. The van der Waals surface area contributed by atoms with Crippen LogP contribution in [0.1, 0.15) is 24.0 Å². The molecule has 1 heterocycles. The second kappa shape index (κ2) is 12.2. The second-order valence-electron chi connectivity index (χ2n) is 8.40. The van der Waals surface area contributed by atoms with Crippen molar-refractivity contribution in [3.63, 3.8) is 0 Å². The summed E-state index contributed by atoms with van der Waals surface area (Å²) in [5.74, 6) is 1.05. The van der Waals surface area contributed by atoms with E-state index in [2.05, 4.69) is 26.1 Å². The number of nitrogens with zero attached hydrogens (tertiary/aromatic N) is 2. The highest BCUT2D eigenvalue weighted by atomic mass is 79.9. The zero-order valence-corrected chi connectivity index (χ0v) is 20.8. The van der Waals surface area contributed by atoms with Gasteiger partial charge in [0.1, 0.15) is 12.4 Å². The molecule has 1 aliphatic rings. The second-order valence-corrected chi connectivity index (χ2v) is 9.32. The van der Waals surface area contributed by atoms with Crippen molar-refractivity contribution in [3.8, 4) is 5.75 Å². The molecule has 0 saturated carbocycles. The number of aliphatic imine (C=N–C) groups is 1. The van der Waals surface area contributed by atoms with Crippen LogP contribution in [0, 0.1) is 0 Å². The number of benzene rings is 2. The molecule has 1 atom stereocenters. The van der Waals surface area contributed by atoms with Crippen molar-refractivity contribution in [1.29, 1.82) is 0 Å². The molecule has 0 bridgehead atoms. The molecule has 2 aromatic rings. The number of nitrogens with one attached hydrogen (secondary N) is 1. The third-order valence-corrected chi connectivity index (χ3v) is 5.86. The standard InChI is InChI=1S/C25H32BrN3O4/c1-29(2)14-3-13-27-24(31)25(17-19-5-9-21(26)10-6-19)18-33-23(28-25)20-7-11-22(12-8-20)32-16-4-15-30/h5-12,30H,3-4,13-18H2,1-2H3,(H,27,31)/t25-/m1/s1. The lowest BCUT2D eigenvalue weighted by Gasteiger charge is -2.23. The minimum absolute atomic E-state index is 0.0976. The van der Waals surface area contributed by atoms with Crippen LogP contribution in [0.15, 0.2) is 58.0 Å². The number of rotatable bonds is 12. The van der Waals surface area contributed by atoms with Gasteiger partial charge in [0.05, 0.1) is 6.61 Å². The molecular weight excluding hydrogens is 486 g/mol. The van der Waals surface area contributed by atoms with Gasteiger partial charge in [-0.25, -0.2) is 4.99 Å². The molecule has 0 aliphatic carbocycles. The zero-order valence-electron chi connectivity index (χ0n) is 19.2. The number of aliphatic hydroxyl groups excluding tert-OH is 1. The minimum Gasteiger partial charge on any atom is -0.494 e. The molecule has 1 aliphatic heterocycles. The van der Waals surface area contributed by atoms with Crippen molar-refractivity contribution in [2.24, 2.45) is 4.99 Å². The predicted molar refractivity (Wildman–Crippen MR) is 133 cm³/mol. The topological polar surface area (TPSA) is 83.4 Å². The Morgan fingerprint density at radius 3 is 2.58 bits per heavy atom. The van der Waals surface area contributed by atoms with Crippen LogP contribution in [0.2, 0.25) is 0 Å². The first-order chi connectivity index (χ1) is 15.9. The van der Waals surface area contributed by atoms with Crippen LogP contribution >= 0.6 is 15.9 Å². The fourth-order valence-electron chi connectivity index (χ4n) is 3.53. The first-order valence-corrected chi connectivity index (χ1v) is 12.0. The number of amides is 1. The van der Waals surface area contributed by atoms with Gasteiger partial charge in [-0.15, -0.1) is 0 Å². The normalized spacial score (nSPS) is 17.5. The van der Waals surface area contributed by atoms with E-state index in [0.717, 1.165) is 28.6 Å². The number of hydrogen-bond donors (Lipinski definition) is 2. The summed E-state index contributed by atoms with van der Waals surface area (Å²) < 4.78 is 12.5. The Balaban J connectivity index is 1.77. The van der Waals surface area contributed by atoms with Crippen LogP contribution in [0.25, 0.3) is 0 Å². The molecule has 2 aromatic carbocycles. The van der Waals surface area contributed by atoms with Crippen molar-refractivity contribution < 1.29 is 19.4 Å². The van der Waals surface area contributed by atoms with E-state index >= 15 is 0 Å². The van der Waals surface area contributed by atoms with Crippen molar-refractivity contribution in [2.45, 2.75) is 24.8 Å². The molecule has 0 radical (unpaired) electrons. The number of ether oxygens (including phenoxy) is 2. The van der Waals surface area contributed by atoms with Crippen molar-refractivity contribution >= 4 is 27.7 Å². The Morgan fingerprint density at radius 1 is 1.18 bits per heavy atom. The molecule has 0 aromatic heterocycles. The molecule has 1 amide bonds. The van der Waals surface area contributed by atoms with E-state index in [0.29, 0.717) is 37.6 Å². The largest absolute Gasteiger partial charge is 0.494 e. The summed E-state index contributed by atoms with van der Waals surface area (Å²) in [4.78, 5) is 20.2. The smallest absolute Gasteiger partial charge is 0.251 e. The Morgan fingerprint density at radius 2 is 1.91 bits per heavy atom. The van der Waals surface area contributed by atoms with Gasteiger partial charge in [-0.2, -0.15) is 0 Å². The number of hydrogen-bond acceptors (Lipinski definition) is 6. The van der Waals surface area contributed by atoms with Gasteiger partial charge >= 0.3 is 0 Å². The van der Waals surface area contributed by atoms with Crippen molar-refractivity contribution in [1.82, 2.24) is 10.2 Å². The monoisotopic (exact) mass is 517 g/mol. The molecule has 2 N–H and O–H groups in total. The van der Waals surface area contributed by atoms with Gasteiger partial charge in [0, 0.05) is 36.0 Å². The molecule has 8 heteroatoms. The van der Waals surface area contributed by atoms with Crippen LogP contribution in [-0.2, 0) is 16.0 Å². The fraction of sp³-hybridized carbons (Fsp3) is 0.440. The van der Waals surface area contributed by atoms with E-state index in [9.17, 15) is 4.79 Å². The average molecular weight is 518 g/mol. The van der Waals surface area contributed by atoms with E-state index in [1.165, 1.54) is 0 Å². The highest BCUT2D eigenvalue weighted by molar-refractivity contribution is 9.10. The quantitative estimate of drug-likeness (QED) is 0.422. The molecule has 33 heavy (non-hydrogen) atoms. The summed E-state index contributed by atoms with van der Waals surface area (Å²) in [6.45, 7) is 2.23. The van der Waals surface area contributed by atoms with Crippen molar-refractivity contribution in [3.05, 3.63) is 64.1 Å². The lowest BCUT2D eigenvalue weighted by Crippen LogP contribution is -2.48. The van der Waals surface area contributed by atoms with E-state index in [1.807, 2.05) is 62.6 Å². The molecule has 0 spiro atoms. The maximum atomic E-state index is 13.3. The molecule has 7 nitrogen and oxygen atoms in total. The van der Waals surface area contributed by atoms with Gasteiger partial charge in [-0.3, -0.25) is 4.79 Å². The summed E-state index contributed by atoms with van der Waals surface area (Å²) >= 11 is 3.46. The Bertz CT molecular complexity index is 932. The highest BCUT2D eigenvalue weighted by Gasteiger charge is 2.44. The first-order valence-electron chi connectivity index (χ1n) is 11.2. The van der Waals surface area contributed by atoms with E-state index < -0.39 is 5.54 Å². The van der Waals surface area contributed by atoms with Gasteiger partial charge in [0.25, 0.3) is 5.91 Å². The summed E-state index contributed by atoms with van der Waals surface area (Å²) in [7, 11) is 4.03. The Hall–Kier alpha value is -2.42. The van der Waals surface area contributed by atoms with Crippen LogP contribution in [0.5, 0.6) is 5.75 Å². The summed E-state index contributed by atoms with van der Waals surface area (Å²) in [6, 6.07) is 15.4. The predicted octanol–water partition coefficient (Wildman–Crippen LogP) is 3.04. The maximum absolute atomic E-state index is 13.3. The first kappa shape index (κ1) is 25.2. The van der Waals surface area contributed by atoms with Crippen LogP contribution in [0.4, 0.5) is 0 Å². The lowest BCUT2D eigenvalue weighted by molar-refractivity contribution is -0.126.